The van der Waals surface area contributed by atoms with Crippen LogP contribution < -0.4 is 21.0 Å². The summed E-state index contributed by atoms with van der Waals surface area (Å²) < 4.78 is 1.77. The largest absolute Gasteiger partial charge is 0.369 e. The summed E-state index contributed by atoms with van der Waals surface area (Å²) in [7, 11) is 2.12. The summed E-state index contributed by atoms with van der Waals surface area (Å²) in [5.74, 6) is -0.0107. The molecule has 188 valence electrons. The van der Waals surface area contributed by atoms with Gasteiger partial charge in [-0.1, -0.05) is 24.2 Å². The van der Waals surface area contributed by atoms with Crippen LogP contribution in [0.4, 0.5) is 23.0 Å². The molecule has 1 amide bonds. The molecule has 4 aromatic rings. The van der Waals surface area contributed by atoms with Crippen LogP contribution in [0.15, 0.2) is 78.4 Å². The molecule has 37 heavy (non-hydrogen) atoms. The van der Waals surface area contributed by atoms with E-state index >= 15 is 0 Å². The summed E-state index contributed by atoms with van der Waals surface area (Å²) in [5, 5.41) is 6.84. The number of pyridine rings is 1. The van der Waals surface area contributed by atoms with Crippen LogP contribution in [-0.2, 0) is 4.79 Å². The molecule has 2 N–H and O–H groups in total. The third kappa shape index (κ3) is 5.32. The number of rotatable bonds is 6. The maximum atomic E-state index is 12.5. The van der Waals surface area contributed by atoms with Crippen molar-refractivity contribution in [3.63, 3.8) is 0 Å². The van der Waals surface area contributed by atoms with Gasteiger partial charge in [0, 0.05) is 61.7 Å². The fraction of sp³-hybridized carbons (Fsp3) is 0.185. The predicted octanol–water partition coefficient (Wildman–Crippen LogP) is 4.05. The number of halogens is 1. The van der Waals surface area contributed by atoms with Gasteiger partial charge in [0.25, 0.3) is 0 Å². The van der Waals surface area contributed by atoms with Gasteiger partial charge >= 0.3 is 0 Å². The fourth-order valence-corrected chi connectivity index (χ4v) is 4.44. The quantitative estimate of drug-likeness (QED) is 0.374. The van der Waals surface area contributed by atoms with Crippen molar-refractivity contribution >= 4 is 51.6 Å². The smallest absolute Gasteiger partial charge is 0.247 e. The van der Waals surface area contributed by atoms with Crippen LogP contribution in [0.2, 0.25) is 5.02 Å². The zero-order chi connectivity index (χ0) is 25.9. The molecule has 1 saturated heterocycles. The number of hydrogen-bond acceptors (Lipinski definition) is 7. The van der Waals surface area contributed by atoms with E-state index in [2.05, 4.69) is 44.0 Å². The first-order valence-corrected chi connectivity index (χ1v) is 12.2. The molecule has 3 heterocycles. The van der Waals surface area contributed by atoms with E-state index in [1.807, 2.05) is 24.3 Å². The molecular formula is C27H26ClN7O2. The third-order valence-electron chi connectivity index (χ3n) is 6.28. The molecule has 0 aliphatic carbocycles. The Labute approximate surface area is 219 Å². The number of anilines is 4. The molecule has 0 spiro atoms. The third-order valence-corrected chi connectivity index (χ3v) is 6.59. The lowest BCUT2D eigenvalue weighted by Gasteiger charge is -2.34. The van der Waals surface area contributed by atoms with Crippen molar-refractivity contribution in [2.24, 2.45) is 0 Å². The number of amides is 1. The summed E-state index contributed by atoms with van der Waals surface area (Å²) in [6.07, 6.45) is 4.35. The fourth-order valence-electron chi connectivity index (χ4n) is 4.22. The van der Waals surface area contributed by atoms with Crippen molar-refractivity contribution in [2.45, 2.75) is 0 Å². The zero-order valence-corrected chi connectivity index (χ0v) is 21.1. The van der Waals surface area contributed by atoms with E-state index in [0.717, 1.165) is 31.9 Å². The van der Waals surface area contributed by atoms with Gasteiger partial charge in [-0.05, 0) is 49.5 Å². The molecule has 9 nitrogen and oxygen atoms in total. The first kappa shape index (κ1) is 24.5. The number of fused-ring (bicyclic) bond motifs is 1. The molecule has 2 aromatic heterocycles. The van der Waals surface area contributed by atoms with Crippen LogP contribution in [0.25, 0.3) is 16.7 Å². The summed E-state index contributed by atoms with van der Waals surface area (Å²) >= 11 is 6.62. The number of hydrogen-bond donors (Lipinski definition) is 2. The first-order chi connectivity index (χ1) is 17.9. The van der Waals surface area contributed by atoms with Crippen molar-refractivity contribution in [2.75, 3.05) is 48.8 Å². The summed E-state index contributed by atoms with van der Waals surface area (Å²) in [5.41, 5.74) is 3.27. The molecular weight excluding hydrogens is 490 g/mol. The summed E-state index contributed by atoms with van der Waals surface area (Å²) in [6, 6.07) is 14.6. The highest BCUT2D eigenvalue weighted by atomic mass is 35.5. The molecule has 5 rings (SSSR count). The summed E-state index contributed by atoms with van der Waals surface area (Å²) in [6.45, 7) is 7.39. The van der Waals surface area contributed by atoms with Gasteiger partial charge in [-0.15, -0.1) is 0 Å². The van der Waals surface area contributed by atoms with E-state index in [1.165, 1.54) is 18.3 Å². The Morgan fingerprint density at radius 1 is 1.08 bits per heavy atom. The van der Waals surface area contributed by atoms with E-state index in [4.69, 9.17) is 11.6 Å². The number of aromatic nitrogens is 3. The van der Waals surface area contributed by atoms with Gasteiger partial charge in [0.15, 0.2) is 11.1 Å². The Morgan fingerprint density at radius 2 is 1.89 bits per heavy atom. The Bertz CT molecular complexity index is 1540. The Kier molecular flexibility index (Phi) is 6.89. The number of carbonyl (C=O) groups is 1. The van der Waals surface area contributed by atoms with Crippen molar-refractivity contribution in [3.05, 3.63) is 88.8 Å². The molecule has 10 heteroatoms. The second-order valence-electron chi connectivity index (χ2n) is 8.80. The second-order valence-corrected chi connectivity index (χ2v) is 9.21. The highest BCUT2D eigenvalue weighted by Gasteiger charge is 2.16. The van der Waals surface area contributed by atoms with Crippen LogP contribution in [0.5, 0.6) is 0 Å². The van der Waals surface area contributed by atoms with Gasteiger partial charge in [-0.2, -0.15) is 4.98 Å². The van der Waals surface area contributed by atoms with E-state index < -0.39 is 0 Å². The van der Waals surface area contributed by atoms with Crippen molar-refractivity contribution in [1.29, 1.82) is 0 Å². The molecule has 1 fully saturated rings. The zero-order valence-electron chi connectivity index (χ0n) is 20.3. The van der Waals surface area contributed by atoms with E-state index in [-0.39, 0.29) is 11.3 Å². The lowest BCUT2D eigenvalue weighted by atomic mass is 10.2. The van der Waals surface area contributed by atoms with Crippen molar-refractivity contribution in [3.8, 4) is 5.69 Å². The minimum Gasteiger partial charge on any atom is -0.369 e. The number of likely N-dealkylation sites (N-methyl/N-ethyl adjacent to an activating group) is 1. The lowest BCUT2D eigenvalue weighted by molar-refractivity contribution is -0.111. The lowest BCUT2D eigenvalue weighted by Crippen LogP contribution is -2.44. The number of nitrogens with zero attached hydrogens (tertiary/aromatic N) is 5. The molecule has 1 aliphatic rings. The van der Waals surface area contributed by atoms with Gasteiger partial charge in [0.1, 0.15) is 0 Å². The van der Waals surface area contributed by atoms with Crippen molar-refractivity contribution < 1.29 is 4.79 Å². The van der Waals surface area contributed by atoms with Crippen molar-refractivity contribution in [1.82, 2.24) is 19.4 Å². The van der Waals surface area contributed by atoms with Gasteiger partial charge in [-0.25, -0.2) is 4.98 Å². The maximum absolute atomic E-state index is 12.5. The summed E-state index contributed by atoms with van der Waals surface area (Å²) in [4.78, 5) is 37.9. The average Bonchev–Trinajstić information content (AvgIpc) is 2.90. The number of carbonyl (C=O) groups excluding carboxylic acids is 1. The molecule has 0 unspecified atom stereocenters. The van der Waals surface area contributed by atoms with Gasteiger partial charge in [0.2, 0.25) is 11.9 Å². The molecule has 0 saturated carbocycles. The molecule has 0 bridgehead atoms. The first-order valence-electron chi connectivity index (χ1n) is 11.8. The van der Waals surface area contributed by atoms with Crippen LogP contribution >= 0.6 is 11.6 Å². The number of benzene rings is 2. The molecule has 0 radical (unpaired) electrons. The van der Waals surface area contributed by atoms with E-state index in [0.29, 0.717) is 39.1 Å². The second kappa shape index (κ2) is 10.4. The monoisotopic (exact) mass is 515 g/mol. The van der Waals surface area contributed by atoms with E-state index in [1.54, 1.807) is 29.0 Å². The number of nitrogens with one attached hydrogen (secondary N) is 2. The normalized spacial score (nSPS) is 13.9. The van der Waals surface area contributed by atoms with Crippen LogP contribution in [0, 0.1) is 0 Å². The minimum absolute atomic E-state index is 0.191. The average molecular weight is 516 g/mol. The van der Waals surface area contributed by atoms with Crippen LogP contribution in [-0.4, -0.2) is 58.6 Å². The Morgan fingerprint density at radius 3 is 2.65 bits per heavy atom. The number of piperazine rings is 1. The maximum Gasteiger partial charge on any atom is 0.247 e. The Balaban J connectivity index is 1.46. The predicted molar refractivity (Wildman–Crippen MR) is 148 cm³/mol. The minimum atomic E-state index is -0.314. The topological polar surface area (TPSA) is 95.4 Å². The van der Waals surface area contributed by atoms with Crippen LogP contribution in [0.3, 0.4) is 0 Å². The van der Waals surface area contributed by atoms with Crippen LogP contribution in [0.1, 0.15) is 0 Å². The van der Waals surface area contributed by atoms with Gasteiger partial charge < -0.3 is 25.0 Å². The molecule has 0 atom stereocenters. The molecule has 2 aromatic carbocycles. The van der Waals surface area contributed by atoms with E-state index in [9.17, 15) is 9.59 Å². The van der Waals surface area contributed by atoms with Gasteiger partial charge in [0.05, 0.1) is 16.1 Å². The Hall–Kier alpha value is -4.21. The standard InChI is InChI=1S/C27H26ClN7O2/c1-3-25(37)30-18-5-4-6-20(15-18)35-10-9-24(36)21-17-29-27(32-26(21)35)31-23-8-7-19(16-22(23)28)34-13-11-33(2)12-14-34/h3-10,15-17H,1,11-14H2,2H3,(H,30,37)(H,29,31,32). The molecule has 1 aliphatic heterocycles. The SMILES string of the molecule is C=CC(=O)Nc1cccc(-n2ccc(=O)c3cnc(Nc4ccc(N5CCN(C)CC5)cc4Cl)nc32)c1. The highest BCUT2D eigenvalue weighted by Crippen LogP contribution is 2.30. The van der Waals surface area contributed by atoms with Gasteiger partial charge in [-0.3, -0.25) is 9.59 Å². The highest BCUT2D eigenvalue weighted by molar-refractivity contribution is 6.33.